The maximum atomic E-state index is 15.1. The second-order valence-electron chi connectivity index (χ2n) is 8.00. The quantitative estimate of drug-likeness (QED) is 0.486. The minimum Gasteiger partial charge on any atom is -0.490 e. The standard InChI is InChI=1S/C24H28F2O2/c1-2-3-14-27-21-13-12-19-18-11-10-17(9-8-16-6-4-5-7-16)22(25)20(18)15-28-24(19)23(21)26/h10-13,16H,2-9,14-15H2,1H3. The topological polar surface area (TPSA) is 18.5 Å². The summed E-state index contributed by atoms with van der Waals surface area (Å²) in [5, 5.41) is 0. The molecule has 0 spiro atoms. The van der Waals surface area contributed by atoms with Crippen molar-refractivity contribution in [2.75, 3.05) is 6.61 Å². The van der Waals surface area contributed by atoms with Crippen LogP contribution in [0.1, 0.15) is 63.0 Å². The molecule has 2 nitrogen and oxygen atoms in total. The van der Waals surface area contributed by atoms with Crippen molar-refractivity contribution in [3.05, 3.63) is 47.0 Å². The van der Waals surface area contributed by atoms with Crippen molar-refractivity contribution in [2.24, 2.45) is 5.92 Å². The Balaban J connectivity index is 1.57. The molecule has 0 radical (unpaired) electrons. The smallest absolute Gasteiger partial charge is 0.207 e. The number of hydrogen-bond donors (Lipinski definition) is 0. The van der Waals surface area contributed by atoms with Gasteiger partial charge in [0.2, 0.25) is 5.82 Å². The summed E-state index contributed by atoms with van der Waals surface area (Å²) in [7, 11) is 0. The fraction of sp³-hybridized carbons (Fsp3) is 0.500. The number of benzene rings is 2. The predicted molar refractivity (Wildman–Crippen MR) is 107 cm³/mol. The van der Waals surface area contributed by atoms with E-state index in [0.29, 0.717) is 17.7 Å². The number of hydrogen-bond acceptors (Lipinski definition) is 2. The highest BCUT2D eigenvalue weighted by atomic mass is 19.1. The van der Waals surface area contributed by atoms with Crippen LogP contribution in [0.4, 0.5) is 8.78 Å². The third kappa shape index (κ3) is 3.74. The van der Waals surface area contributed by atoms with Crippen LogP contribution >= 0.6 is 0 Å². The van der Waals surface area contributed by atoms with Crippen LogP contribution in [0.2, 0.25) is 0 Å². The van der Waals surface area contributed by atoms with E-state index in [1.807, 2.05) is 12.1 Å². The fourth-order valence-corrected chi connectivity index (χ4v) is 4.39. The average molecular weight is 386 g/mol. The van der Waals surface area contributed by atoms with E-state index in [2.05, 4.69) is 6.92 Å². The van der Waals surface area contributed by atoms with E-state index in [1.165, 1.54) is 25.7 Å². The van der Waals surface area contributed by atoms with Crippen LogP contribution in [0.3, 0.4) is 0 Å². The first kappa shape index (κ1) is 19.2. The number of fused-ring (bicyclic) bond motifs is 3. The highest BCUT2D eigenvalue weighted by molar-refractivity contribution is 5.76. The van der Waals surface area contributed by atoms with Gasteiger partial charge in [-0.15, -0.1) is 0 Å². The highest BCUT2D eigenvalue weighted by Gasteiger charge is 2.27. The molecule has 0 atom stereocenters. The highest BCUT2D eigenvalue weighted by Crippen LogP contribution is 2.43. The Hall–Kier alpha value is -2.10. The molecular weight excluding hydrogens is 358 g/mol. The number of ether oxygens (including phenoxy) is 2. The molecule has 0 unspecified atom stereocenters. The van der Waals surface area contributed by atoms with Crippen LogP contribution in [0.15, 0.2) is 24.3 Å². The van der Waals surface area contributed by atoms with Gasteiger partial charge in [0, 0.05) is 11.1 Å². The molecule has 150 valence electrons. The van der Waals surface area contributed by atoms with Crippen LogP contribution in [-0.4, -0.2) is 6.61 Å². The number of aryl methyl sites for hydroxylation is 1. The molecule has 0 saturated heterocycles. The van der Waals surface area contributed by atoms with Crippen molar-refractivity contribution in [3.63, 3.8) is 0 Å². The van der Waals surface area contributed by atoms with Crippen LogP contribution in [-0.2, 0) is 13.0 Å². The van der Waals surface area contributed by atoms with Crippen molar-refractivity contribution >= 4 is 0 Å². The Morgan fingerprint density at radius 2 is 1.82 bits per heavy atom. The molecule has 1 fully saturated rings. The van der Waals surface area contributed by atoms with Crippen LogP contribution in [0.25, 0.3) is 11.1 Å². The van der Waals surface area contributed by atoms with Crippen molar-refractivity contribution < 1.29 is 18.3 Å². The van der Waals surface area contributed by atoms with Crippen LogP contribution in [0, 0.1) is 17.6 Å². The second kappa shape index (κ2) is 8.50. The van der Waals surface area contributed by atoms with E-state index in [-0.39, 0.29) is 23.9 Å². The largest absolute Gasteiger partial charge is 0.490 e. The molecule has 4 heteroatoms. The summed E-state index contributed by atoms with van der Waals surface area (Å²) >= 11 is 0. The molecule has 28 heavy (non-hydrogen) atoms. The maximum absolute atomic E-state index is 15.1. The lowest BCUT2D eigenvalue weighted by Crippen LogP contribution is -2.12. The van der Waals surface area contributed by atoms with Gasteiger partial charge in [0.15, 0.2) is 11.5 Å². The van der Waals surface area contributed by atoms with E-state index in [4.69, 9.17) is 9.47 Å². The van der Waals surface area contributed by atoms with Gasteiger partial charge in [-0.2, -0.15) is 4.39 Å². The lowest BCUT2D eigenvalue weighted by atomic mass is 9.91. The zero-order chi connectivity index (χ0) is 19.5. The normalized spacial score (nSPS) is 15.8. The average Bonchev–Trinajstić information content (AvgIpc) is 3.23. The Bertz CT molecular complexity index is 841. The van der Waals surface area contributed by atoms with E-state index in [1.54, 1.807) is 12.1 Å². The summed E-state index contributed by atoms with van der Waals surface area (Å²) in [5.74, 6) is 0.409. The third-order valence-electron chi connectivity index (χ3n) is 6.09. The monoisotopic (exact) mass is 386 g/mol. The molecule has 2 aromatic rings. The number of unbranched alkanes of at least 4 members (excludes halogenated alkanes) is 1. The summed E-state index contributed by atoms with van der Waals surface area (Å²) in [5.41, 5.74) is 2.61. The third-order valence-corrected chi connectivity index (χ3v) is 6.09. The molecule has 0 aromatic heterocycles. The van der Waals surface area contributed by atoms with Crippen LogP contribution in [0.5, 0.6) is 11.5 Å². The minimum atomic E-state index is -0.495. The van der Waals surface area contributed by atoms with Gasteiger partial charge in [0.1, 0.15) is 12.4 Å². The molecular formula is C24H28F2O2. The summed E-state index contributed by atoms with van der Waals surface area (Å²) in [4.78, 5) is 0. The lowest BCUT2D eigenvalue weighted by Gasteiger charge is -2.24. The zero-order valence-corrected chi connectivity index (χ0v) is 16.5. The van der Waals surface area contributed by atoms with E-state index >= 15 is 4.39 Å². The molecule has 1 heterocycles. The molecule has 2 aliphatic rings. The van der Waals surface area contributed by atoms with Crippen molar-refractivity contribution in [3.8, 4) is 22.6 Å². The first-order valence-corrected chi connectivity index (χ1v) is 10.6. The lowest BCUT2D eigenvalue weighted by molar-refractivity contribution is 0.260. The van der Waals surface area contributed by atoms with Crippen LogP contribution < -0.4 is 9.47 Å². The molecule has 0 amide bonds. The Morgan fingerprint density at radius 3 is 2.61 bits per heavy atom. The molecule has 2 aromatic carbocycles. The van der Waals surface area contributed by atoms with Gasteiger partial charge in [0.05, 0.1) is 6.61 Å². The van der Waals surface area contributed by atoms with E-state index in [9.17, 15) is 4.39 Å². The molecule has 0 bridgehead atoms. The Kier molecular flexibility index (Phi) is 5.84. The zero-order valence-electron chi connectivity index (χ0n) is 16.5. The first-order valence-electron chi connectivity index (χ1n) is 10.6. The Labute approximate surface area is 165 Å². The molecule has 1 saturated carbocycles. The number of rotatable bonds is 7. The van der Waals surface area contributed by atoms with Gasteiger partial charge >= 0.3 is 0 Å². The SMILES string of the molecule is CCCCOc1ccc2c(c1F)OCc1c-2ccc(CCC2CCCC2)c1F. The van der Waals surface area contributed by atoms with E-state index in [0.717, 1.165) is 42.7 Å². The van der Waals surface area contributed by atoms with Gasteiger partial charge in [-0.25, -0.2) is 4.39 Å². The molecule has 0 N–H and O–H groups in total. The summed E-state index contributed by atoms with van der Waals surface area (Å²) < 4.78 is 41.1. The van der Waals surface area contributed by atoms with E-state index < -0.39 is 5.82 Å². The molecule has 1 aliphatic heterocycles. The van der Waals surface area contributed by atoms with Gasteiger partial charge in [-0.1, -0.05) is 51.2 Å². The van der Waals surface area contributed by atoms with Gasteiger partial charge in [-0.3, -0.25) is 0 Å². The fourth-order valence-electron chi connectivity index (χ4n) is 4.39. The molecule has 4 rings (SSSR count). The predicted octanol–water partition coefficient (Wildman–Crippen LogP) is 6.83. The number of halogens is 2. The second-order valence-corrected chi connectivity index (χ2v) is 8.00. The summed E-state index contributed by atoms with van der Waals surface area (Å²) in [6, 6.07) is 7.17. The van der Waals surface area contributed by atoms with Crippen molar-refractivity contribution in [1.82, 2.24) is 0 Å². The first-order chi connectivity index (χ1) is 13.7. The maximum Gasteiger partial charge on any atom is 0.207 e. The minimum absolute atomic E-state index is 0.0563. The summed E-state index contributed by atoms with van der Waals surface area (Å²) in [6.07, 6.45) is 8.80. The van der Waals surface area contributed by atoms with Gasteiger partial charge < -0.3 is 9.47 Å². The molecule has 1 aliphatic carbocycles. The summed E-state index contributed by atoms with van der Waals surface area (Å²) in [6.45, 7) is 2.59. The van der Waals surface area contributed by atoms with Crippen molar-refractivity contribution in [2.45, 2.75) is 64.9 Å². The van der Waals surface area contributed by atoms with Gasteiger partial charge in [0.25, 0.3) is 0 Å². The Morgan fingerprint density at radius 1 is 1.04 bits per heavy atom. The van der Waals surface area contributed by atoms with Crippen molar-refractivity contribution in [1.29, 1.82) is 0 Å². The van der Waals surface area contributed by atoms with Gasteiger partial charge in [-0.05, 0) is 48.4 Å².